The van der Waals surface area contributed by atoms with Crippen molar-refractivity contribution in [2.45, 2.75) is 103 Å². The smallest absolute Gasteiger partial charge is 0.336 e. The first-order valence-corrected chi connectivity index (χ1v) is 15.8. The molecular weight excluding hydrogens is 522 g/mol. The molecule has 5 nitrogen and oxygen atoms in total. The molecule has 2 aromatic carbocycles. The Hall–Kier alpha value is -3.73. The van der Waals surface area contributed by atoms with Gasteiger partial charge in [0.15, 0.2) is 12.4 Å². The van der Waals surface area contributed by atoms with Crippen LogP contribution >= 0.6 is 0 Å². The molecule has 1 heterocycles. The van der Waals surface area contributed by atoms with E-state index in [4.69, 9.17) is 4.74 Å². The van der Waals surface area contributed by atoms with Crippen LogP contribution in [0.15, 0.2) is 91.3 Å². The van der Waals surface area contributed by atoms with Gasteiger partial charge in [0.05, 0.1) is 5.97 Å². The van der Waals surface area contributed by atoms with Crippen molar-refractivity contribution in [2.24, 2.45) is 0 Å². The van der Waals surface area contributed by atoms with Gasteiger partial charge in [0.2, 0.25) is 0 Å². The Bertz CT molecular complexity index is 1140. The largest absolute Gasteiger partial charge is 0.545 e. The second-order valence-corrected chi connectivity index (χ2v) is 10.7. The lowest BCUT2D eigenvalue weighted by atomic mass is 10.0. The number of aromatic carboxylic acids is 1. The van der Waals surface area contributed by atoms with Gasteiger partial charge in [0, 0.05) is 30.2 Å². The summed E-state index contributed by atoms with van der Waals surface area (Å²) >= 11 is 0. The van der Waals surface area contributed by atoms with E-state index in [1.807, 2.05) is 30.3 Å². The van der Waals surface area contributed by atoms with Gasteiger partial charge in [-0.05, 0) is 30.2 Å². The van der Waals surface area contributed by atoms with E-state index < -0.39 is 11.9 Å². The van der Waals surface area contributed by atoms with Crippen LogP contribution in [0.4, 0.5) is 0 Å². The Morgan fingerprint density at radius 3 is 1.74 bits per heavy atom. The normalized spacial score (nSPS) is 10.7. The van der Waals surface area contributed by atoms with Crippen LogP contribution < -0.4 is 14.4 Å². The number of unbranched alkanes of at least 4 members (excludes halogenated alkanes) is 13. The molecule has 0 N–H and O–H groups in total. The molecule has 42 heavy (non-hydrogen) atoms. The molecule has 5 heteroatoms. The second kappa shape index (κ2) is 22.9. The predicted molar refractivity (Wildman–Crippen MR) is 169 cm³/mol. The predicted octanol–water partition coefficient (Wildman–Crippen LogP) is 8.12. The molecule has 0 unspecified atom stereocenters. The van der Waals surface area contributed by atoms with Crippen molar-refractivity contribution in [2.75, 3.05) is 0 Å². The molecule has 0 aliphatic carbocycles. The average Bonchev–Trinajstić information content (AvgIpc) is 3.02. The second-order valence-electron chi connectivity index (χ2n) is 10.7. The van der Waals surface area contributed by atoms with Gasteiger partial charge in [-0.25, -0.2) is 9.36 Å². The Kier molecular flexibility index (Phi) is 18.8. The lowest BCUT2D eigenvalue weighted by molar-refractivity contribution is -0.697. The van der Waals surface area contributed by atoms with Crippen LogP contribution in [0.2, 0.25) is 0 Å². The first-order chi connectivity index (χ1) is 20.6. The number of ether oxygens (including phenoxy) is 1. The Morgan fingerprint density at radius 1 is 0.667 bits per heavy atom. The third-order valence-electron chi connectivity index (χ3n) is 7.08. The summed E-state index contributed by atoms with van der Waals surface area (Å²) in [5.74, 6) is -2.07. The van der Waals surface area contributed by atoms with Crippen LogP contribution in [-0.2, 0) is 11.3 Å². The van der Waals surface area contributed by atoms with Crippen LogP contribution in [0.5, 0.6) is 5.75 Å². The van der Waals surface area contributed by atoms with Crippen molar-refractivity contribution >= 4 is 18.0 Å². The number of hydrogen-bond acceptors (Lipinski definition) is 4. The number of carbonyl (C=O) groups is 2. The number of aryl methyl sites for hydroxylation is 1. The standard InChI is InChI=1S/C21H38N.C16H12O4/c1-2-3-4-5-6-7-8-9-10-11-12-13-14-16-19-22-20-17-15-18-21-22;17-15(11-10-12-6-2-1-3-7-12)20-14-9-5-4-8-13(14)16(18)19/h15,17-18,20-21H,2-14,16,19H2,1H3;1-11H,(H,18,19)/q+1;/p-1. The van der Waals surface area contributed by atoms with Crippen LogP contribution in [0.25, 0.3) is 6.08 Å². The van der Waals surface area contributed by atoms with Gasteiger partial charge in [-0.3, -0.25) is 0 Å². The molecule has 0 aliphatic heterocycles. The van der Waals surface area contributed by atoms with Crippen molar-refractivity contribution in [3.63, 3.8) is 0 Å². The maximum Gasteiger partial charge on any atom is 0.336 e. The SMILES string of the molecule is CCCCCCCCCCCCCCCC[n+]1ccccc1.O=C(C=Cc1ccccc1)Oc1ccccc1C(=O)[O-]. The summed E-state index contributed by atoms with van der Waals surface area (Å²) in [6.45, 7) is 3.47. The first-order valence-electron chi connectivity index (χ1n) is 15.8. The molecule has 1 aromatic heterocycles. The summed E-state index contributed by atoms with van der Waals surface area (Å²) < 4.78 is 7.27. The molecule has 226 valence electrons. The lowest BCUT2D eigenvalue weighted by Crippen LogP contribution is -2.32. The number of pyridine rings is 1. The van der Waals surface area contributed by atoms with E-state index in [-0.39, 0.29) is 11.3 Å². The molecular formula is C37H49NO4. The summed E-state index contributed by atoms with van der Waals surface area (Å²) in [4.78, 5) is 22.5. The maximum atomic E-state index is 11.6. The number of esters is 1. The highest BCUT2D eigenvalue weighted by Gasteiger charge is 2.07. The molecule has 0 spiro atoms. The van der Waals surface area contributed by atoms with Gasteiger partial charge in [-0.2, -0.15) is 0 Å². The first kappa shape index (κ1) is 34.5. The molecule has 0 amide bonds. The fraction of sp³-hybridized carbons (Fsp3) is 0.432. The third kappa shape index (κ3) is 16.5. The van der Waals surface area contributed by atoms with Gasteiger partial charge in [-0.1, -0.05) is 133 Å². The number of nitrogens with zero attached hydrogens (tertiary/aromatic N) is 1. The Balaban J connectivity index is 0.000000294. The highest BCUT2D eigenvalue weighted by atomic mass is 16.5. The van der Waals surface area contributed by atoms with Crippen molar-refractivity contribution in [1.82, 2.24) is 0 Å². The quantitative estimate of drug-likeness (QED) is 0.0479. The van der Waals surface area contributed by atoms with Gasteiger partial charge in [0.1, 0.15) is 12.3 Å². The van der Waals surface area contributed by atoms with E-state index >= 15 is 0 Å². The third-order valence-corrected chi connectivity index (χ3v) is 7.08. The zero-order chi connectivity index (χ0) is 30.1. The Labute approximate surface area is 253 Å². The minimum Gasteiger partial charge on any atom is -0.545 e. The number of carboxylic acids is 1. The number of hydrogen-bond donors (Lipinski definition) is 0. The van der Waals surface area contributed by atoms with Crippen molar-refractivity contribution in [1.29, 1.82) is 0 Å². The topological polar surface area (TPSA) is 70.3 Å². The van der Waals surface area contributed by atoms with E-state index in [2.05, 4.69) is 42.1 Å². The zero-order valence-electron chi connectivity index (χ0n) is 25.4. The monoisotopic (exact) mass is 571 g/mol. The van der Waals surface area contributed by atoms with E-state index in [0.717, 1.165) is 5.56 Å². The summed E-state index contributed by atoms with van der Waals surface area (Å²) in [6.07, 6.45) is 27.2. The molecule has 0 fully saturated rings. The number of para-hydroxylation sites is 1. The fourth-order valence-electron chi connectivity index (χ4n) is 4.67. The van der Waals surface area contributed by atoms with Gasteiger partial charge in [0.25, 0.3) is 0 Å². The summed E-state index contributed by atoms with van der Waals surface area (Å²) in [6, 6.07) is 21.4. The van der Waals surface area contributed by atoms with Crippen molar-refractivity contribution in [3.8, 4) is 5.75 Å². The summed E-state index contributed by atoms with van der Waals surface area (Å²) in [7, 11) is 0. The Morgan fingerprint density at radius 2 is 1.17 bits per heavy atom. The molecule has 0 bridgehead atoms. The molecule has 3 aromatic rings. The summed E-state index contributed by atoms with van der Waals surface area (Å²) in [5.41, 5.74) is 0.687. The van der Waals surface area contributed by atoms with E-state index in [0.29, 0.717) is 0 Å². The van der Waals surface area contributed by atoms with E-state index in [1.165, 1.54) is 121 Å². The fourth-order valence-corrected chi connectivity index (χ4v) is 4.67. The van der Waals surface area contributed by atoms with Crippen LogP contribution in [-0.4, -0.2) is 11.9 Å². The van der Waals surface area contributed by atoms with E-state index in [9.17, 15) is 14.7 Å². The molecule has 3 rings (SSSR count). The van der Waals surface area contributed by atoms with Crippen LogP contribution in [0, 0.1) is 0 Å². The van der Waals surface area contributed by atoms with E-state index in [1.54, 1.807) is 12.1 Å². The van der Waals surface area contributed by atoms with Crippen molar-refractivity contribution in [3.05, 3.63) is 102 Å². The lowest BCUT2D eigenvalue weighted by Gasteiger charge is -2.08. The molecule has 0 radical (unpaired) electrons. The van der Waals surface area contributed by atoms with Crippen molar-refractivity contribution < 1.29 is 24.0 Å². The zero-order valence-corrected chi connectivity index (χ0v) is 25.4. The molecule has 0 atom stereocenters. The molecule has 0 saturated carbocycles. The maximum absolute atomic E-state index is 11.6. The highest BCUT2D eigenvalue weighted by Crippen LogP contribution is 2.17. The van der Waals surface area contributed by atoms with Crippen LogP contribution in [0.1, 0.15) is 113 Å². The molecule has 0 saturated heterocycles. The number of benzene rings is 2. The van der Waals surface area contributed by atoms with Gasteiger partial charge in [-0.15, -0.1) is 0 Å². The molecule has 0 aliphatic rings. The minimum atomic E-state index is -1.39. The average molecular weight is 572 g/mol. The van der Waals surface area contributed by atoms with Gasteiger partial charge >= 0.3 is 5.97 Å². The minimum absolute atomic E-state index is 0.0322. The number of rotatable bonds is 19. The highest BCUT2D eigenvalue weighted by molar-refractivity contribution is 5.93. The van der Waals surface area contributed by atoms with Crippen LogP contribution in [0.3, 0.4) is 0 Å². The number of carboxylic acid groups (broad SMARTS) is 1. The number of carbonyl (C=O) groups excluding carboxylic acids is 2. The van der Waals surface area contributed by atoms with Gasteiger partial charge < -0.3 is 14.6 Å². The summed E-state index contributed by atoms with van der Waals surface area (Å²) in [5, 5.41) is 10.9. The number of aromatic nitrogens is 1.